The standard InChI is InChI=1S/C11H6F5IO4/c12-10(13,9(19)20)4-21-8(18)6-2-1-5(17)3-7(6)11(14,15)16/h1-3H,4H2,(H,19,20). The van der Waals surface area contributed by atoms with Crippen molar-refractivity contribution in [3.8, 4) is 0 Å². The SMILES string of the molecule is O=C(OCC(F)(F)C(=O)O)c1ccc(I)cc1C(F)(F)F. The number of carbonyl (C=O) groups excluding carboxylic acids is 1. The van der Waals surface area contributed by atoms with Gasteiger partial charge in [0.15, 0.2) is 6.61 Å². The van der Waals surface area contributed by atoms with Crippen LogP contribution in [0.15, 0.2) is 18.2 Å². The van der Waals surface area contributed by atoms with Crippen molar-refractivity contribution in [1.29, 1.82) is 0 Å². The molecule has 21 heavy (non-hydrogen) atoms. The molecule has 1 aromatic carbocycles. The van der Waals surface area contributed by atoms with Gasteiger partial charge >= 0.3 is 24.0 Å². The zero-order valence-electron chi connectivity index (χ0n) is 9.88. The lowest BCUT2D eigenvalue weighted by Gasteiger charge is -2.15. The molecule has 0 heterocycles. The van der Waals surface area contributed by atoms with Crippen molar-refractivity contribution >= 4 is 34.5 Å². The molecule has 0 saturated carbocycles. The Morgan fingerprint density at radius 1 is 1.19 bits per heavy atom. The maximum Gasteiger partial charge on any atom is 0.417 e. The van der Waals surface area contributed by atoms with E-state index in [9.17, 15) is 31.5 Å². The van der Waals surface area contributed by atoms with Crippen molar-refractivity contribution < 1.29 is 41.4 Å². The van der Waals surface area contributed by atoms with Gasteiger partial charge in [-0.1, -0.05) is 0 Å². The molecular formula is C11H6F5IO4. The third-order valence-electron chi connectivity index (χ3n) is 2.20. The largest absolute Gasteiger partial charge is 0.477 e. The first-order chi connectivity index (χ1) is 9.45. The molecule has 0 amide bonds. The zero-order valence-corrected chi connectivity index (χ0v) is 12.0. The second kappa shape index (κ2) is 6.12. The Labute approximate surface area is 128 Å². The quantitative estimate of drug-likeness (QED) is 0.459. The predicted octanol–water partition coefficient (Wildman–Crippen LogP) is 3.19. The molecule has 1 rings (SSSR count). The van der Waals surface area contributed by atoms with E-state index < -0.39 is 41.8 Å². The van der Waals surface area contributed by atoms with Crippen LogP contribution in [0.1, 0.15) is 15.9 Å². The molecular weight excluding hydrogens is 418 g/mol. The minimum Gasteiger partial charge on any atom is -0.477 e. The van der Waals surface area contributed by atoms with E-state index >= 15 is 0 Å². The Morgan fingerprint density at radius 3 is 2.24 bits per heavy atom. The van der Waals surface area contributed by atoms with E-state index in [2.05, 4.69) is 4.74 Å². The van der Waals surface area contributed by atoms with E-state index in [1.165, 1.54) is 0 Å². The number of esters is 1. The highest BCUT2D eigenvalue weighted by atomic mass is 127. The summed E-state index contributed by atoms with van der Waals surface area (Å²) in [6.07, 6.45) is -4.88. The Hall–Kier alpha value is -1.46. The summed E-state index contributed by atoms with van der Waals surface area (Å²) in [5.41, 5.74) is -2.32. The van der Waals surface area contributed by atoms with Crippen molar-refractivity contribution in [2.24, 2.45) is 0 Å². The summed E-state index contributed by atoms with van der Waals surface area (Å²) in [5.74, 6) is -8.61. The third-order valence-corrected chi connectivity index (χ3v) is 2.88. The number of carboxylic acid groups (broad SMARTS) is 1. The van der Waals surface area contributed by atoms with Crippen molar-refractivity contribution in [3.05, 3.63) is 32.9 Å². The molecule has 116 valence electrons. The molecule has 0 aliphatic carbocycles. The summed E-state index contributed by atoms with van der Waals surface area (Å²) in [6.45, 7) is -1.86. The van der Waals surface area contributed by atoms with Crippen LogP contribution in [0.2, 0.25) is 0 Å². The molecule has 1 aromatic rings. The smallest absolute Gasteiger partial charge is 0.417 e. The molecule has 0 fully saturated rings. The second-order valence-corrected chi connectivity index (χ2v) is 5.02. The Bertz CT molecular complexity index is 570. The average Bonchev–Trinajstić information content (AvgIpc) is 2.34. The summed E-state index contributed by atoms with van der Waals surface area (Å²) in [4.78, 5) is 21.6. The molecule has 0 spiro atoms. The summed E-state index contributed by atoms with van der Waals surface area (Å²) < 4.78 is 67.8. The second-order valence-electron chi connectivity index (χ2n) is 3.77. The molecule has 0 unspecified atom stereocenters. The highest BCUT2D eigenvalue weighted by Gasteiger charge is 2.41. The highest BCUT2D eigenvalue weighted by molar-refractivity contribution is 14.1. The predicted molar refractivity (Wildman–Crippen MR) is 67.0 cm³/mol. The lowest BCUT2D eigenvalue weighted by Crippen LogP contribution is -2.35. The number of rotatable bonds is 4. The average molecular weight is 424 g/mol. The molecule has 0 aromatic heterocycles. The highest BCUT2D eigenvalue weighted by Crippen LogP contribution is 2.33. The minimum absolute atomic E-state index is 0.173. The zero-order chi connectivity index (χ0) is 16.4. The lowest BCUT2D eigenvalue weighted by molar-refractivity contribution is -0.170. The summed E-state index contributed by atoms with van der Waals surface area (Å²) in [5, 5.41) is 8.12. The molecule has 0 saturated heterocycles. The number of carbonyl (C=O) groups is 2. The fraction of sp³-hybridized carbons (Fsp3) is 0.273. The first-order valence-electron chi connectivity index (χ1n) is 5.10. The topological polar surface area (TPSA) is 63.6 Å². The van der Waals surface area contributed by atoms with Crippen LogP contribution in [0, 0.1) is 3.57 Å². The van der Waals surface area contributed by atoms with Gasteiger partial charge in [-0.25, -0.2) is 9.59 Å². The van der Waals surface area contributed by atoms with Gasteiger partial charge in [0.2, 0.25) is 0 Å². The van der Waals surface area contributed by atoms with Crippen molar-refractivity contribution in [3.63, 3.8) is 0 Å². The molecule has 4 nitrogen and oxygen atoms in total. The molecule has 1 N–H and O–H groups in total. The Kier molecular flexibility index (Phi) is 5.12. The first-order valence-corrected chi connectivity index (χ1v) is 6.18. The molecule has 0 aliphatic rings. The van der Waals surface area contributed by atoms with E-state index in [1.54, 1.807) is 22.6 Å². The number of hydrogen-bond acceptors (Lipinski definition) is 3. The fourth-order valence-corrected chi connectivity index (χ4v) is 1.72. The number of carboxylic acids is 1. The van der Waals surface area contributed by atoms with Gasteiger partial charge in [-0.15, -0.1) is 0 Å². The van der Waals surface area contributed by atoms with Crippen molar-refractivity contribution in [2.45, 2.75) is 12.1 Å². The van der Waals surface area contributed by atoms with Crippen LogP contribution in [-0.4, -0.2) is 29.6 Å². The van der Waals surface area contributed by atoms with Gasteiger partial charge in [0.05, 0.1) is 11.1 Å². The fourth-order valence-electron chi connectivity index (χ4n) is 1.22. The van der Waals surface area contributed by atoms with Crippen LogP contribution in [0.5, 0.6) is 0 Å². The van der Waals surface area contributed by atoms with Gasteiger partial charge in [0.25, 0.3) is 0 Å². The van der Waals surface area contributed by atoms with Crippen molar-refractivity contribution in [2.75, 3.05) is 6.61 Å². The van der Waals surface area contributed by atoms with Gasteiger partial charge in [-0.2, -0.15) is 22.0 Å². The number of halogens is 6. The molecule has 0 radical (unpaired) electrons. The minimum atomic E-state index is -4.88. The maximum absolute atomic E-state index is 12.7. The monoisotopic (exact) mass is 424 g/mol. The van der Waals surface area contributed by atoms with Gasteiger partial charge in [-0.05, 0) is 40.8 Å². The number of benzene rings is 1. The first kappa shape index (κ1) is 17.6. The van der Waals surface area contributed by atoms with Gasteiger partial charge in [0, 0.05) is 3.57 Å². The molecule has 0 atom stereocenters. The van der Waals surface area contributed by atoms with E-state index in [1.807, 2.05) is 0 Å². The summed E-state index contributed by atoms with van der Waals surface area (Å²) in [6, 6.07) is 2.57. The number of ether oxygens (including phenoxy) is 1. The van der Waals surface area contributed by atoms with Crippen LogP contribution in [-0.2, 0) is 15.7 Å². The summed E-state index contributed by atoms with van der Waals surface area (Å²) in [7, 11) is 0. The number of hydrogen-bond donors (Lipinski definition) is 1. The molecule has 10 heteroatoms. The maximum atomic E-state index is 12.7. The van der Waals surface area contributed by atoms with E-state index in [0.717, 1.165) is 12.1 Å². The Morgan fingerprint density at radius 2 is 1.76 bits per heavy atom. The molecule has 0 bridgehead atoms. The molecule has 0 aliphatic heterocycles. The van der Waals surface area contributed by atoms with E-state index in [0.29, 0.717) is 6.07 Å². The van der Waals surface area contributed by atoms with Crippen LogP contribution in [0.25, 0.3) is 0 Å². The van der Waals surface area contributed by atoms with Crippen LogP contribution in [0.4, 0.5) is 22.0 Å². The van der Waals surface area contributed by atoms with E-state index in [-0.39, 0.29) is 3.57 Å². The van der Waals surface area contributed by atoms with E-state index in [4.69, 9.17) is 5.11 Å². The van der Waals surface area contributed by atoms with Gasteiger partial charge < -0.3 is 9.84 Å². The van der Waals surface area contributed by atoms with Gasteiger partial charge in [-0.3, -0.25) is 0 Å². The number of alkyl halides is 5. The summed E-state index contributed by atoms with van der Waals surface area (Å²) >= 11 is 1.58. The van der Waals surface area contributed by atoms with Crippen LogP contribution in [0.3, 0.4) is 0 Å². The van der Waals surface area contributed by atoms with Crippen molar-refractivity contribution in [1.82, 2.24) is 0 Å². The van der Waals surface area contributed by atoms with Crippen LogP contribution >= 0.6 is 22.6 Å². The third kappa shape index (κ3) is 4.51. The lowest BCUT2D eigenvalue weighted by atomic mass is 10.1. The Balaban J connectivity index is 3.01. The van der Waals surface area contributed by atoms with Crippen LogP contribution < -0.4 is 0 Å². The van der Waals surface area contributed by atoms with Gasteiger partial charge in [0.1, 0.15) is 0 Å². The number of aliphatic carboxylic acids is 1. The normalized spacial score (nSPS) is 12.1.